The first kappa shape index (κ1) is 14.1. The first-order valence-corrected chi connectivity index (χ1v) is 6.64. The van der Waals surface area contributed by atoms with Crippen LogP contribution in [0.4, 0.5) is 5.69 Å². The number of hydrogen-bond acceptors (Lipinski definition) is 6. The zero-order chi connectivity index (χ0) is 14.7. The van der Waals surface area contributed by atoms with Gasteiger partial charge in [0.05, 0.1) is 29.1 Å². The summed E-state index contributed by atoms with van der Waals surface area (Å²) in [6.07, 6.45) is 0. The molecule has 0 saturated carbocycles. The van der Waals surface area contributed by atoms with E-state index in [1.54, 1.807) is 0 Å². The molecule has 0 atom stereocenters. The van der Waals surface area contributed by atoms with Crippen molar-refractivity contribution in [3.63, 3.8) is 0 Å². The van der Waals surface area contributed by atoms with Gasteiger partial charge in [-0.15, -0.1) is 11.3 Å². The highest BCUT2D eigenvalue weighted by Gasteiger charge is 2.15. The number of aromatic carboxylic acids is 1. The average molecular weight is 294 g/mol. The Labute approximate surface area is 119 Å². The molecule has 20 heavy (non-hydrogen) atoms. The number of rotatable bonds is 5. The molecule has 3 N–H and O–H groups in total. The Morgan fingerprint density at radius 1 is 1.45 bits per heavy atom. The summed E-state index contributed by atoms with van der Waals surface area (Å²) in [5.41, 5.74) is 6.54. The van der Waals surface area contributed by atoms with E-state index in [0.29, 0.717) is 11.5 Å². The number of carbonyl (C=O) groups is 1. The van der Waals surface area contributed by atoms with E-state index in [0.717, 1.165) is 10.7 Å². The molecule has 0 aliphatic carbocycles. The van der Waals surface area contributed by atoms with Gasteiger partial charge in [0, 0.05) is 17.5 Å². The molecule has 2 rings (SSSR count). The summed E-state index contributed by atoms with van der Waals surface area (Å²) in [6.45, 7) is 2.14. The van der Waals surface area contributed by atoms with Crippen LogP contribution in [0.3, 0.4) is 0 Å². The van der Waals surface area contributed by atoms with Crippen molar-refractivity contribution in [1.82, 2.24) is 4.98 Å². The summed E-state index contributed by atoms with van der Waals surface area (Å²) in [6, 6.07) is 2.79. The van der Waals surface area contributed by atoms with Gasteiger partial charge in [-0.2, -0.15) is 0 Å². The second-order valence-corrected chi connectivity index (χ2v) is 5.10. The number of nitrogens with two attached hydrogens (primary N) is 1. The molecule has 1 aromatic carbocycles. The molecule has 7 heteroatoms. The Kier molecular flexibility index (Phi) is 4.09. The molecule has 6 nitrogen and oxygen atoms in total. The van der Waals surface area contributed by atoms with Crippen molar-refractivity contribution in [3.8, 4) is 11.5 Å². The number of aromatic nitrogens is 1. The second kappa shape index (κ2) is 5.79. The van der Waals surface area contributed by atoms with Gasteiger partial charge >= 0.3 is 5.97 Å². The van der Waals surface area contributed by atoms with Gasteiger partial charge in [0.2, 0.25) is 0 Å². The van der Waals surface area contributed by atoms with Gasteiger partial charge in [0.15, 0.2) is 11.5 Å². The van der Waals surface area contributed by atoms with Gasteiger partial charge in [-0.25, -0.2) is 9.78 Å². The Morgan fingerprint density at radius 3 is 2.75 bits per heavy atom. The summed E-state index contributed by atoms with van der Waals surface area (Å²) < 4.78 is 10.7. The summed E-state index contributed by atoms with van der Waals surface area (Å²) in [5, 5.41) is 11.9. The van der Waals surface area contributed by atoms with Gasteiger partial charge in [0.1, 0.15) is 6.61 Å². The van der Waals surface area contributed by atoms with Crippen LogP contribution in [0, 0.1) is 6.92 Å². The quantitative estimate of drug-likeness (QED) is 0.822. The third kappa shape index (κ3) is 3.00. The predicted octanol–water partition coefficient (Wildman–Crippen LogP) is 2.32. The van der Waals surface area contributed by atoms with Gasteiger partial charge < -0.3 is 20.3 Å². The number of hydrogen-bond donors (Lipinski definition) is 2. The Morgan fingerprint density at radius 2 is 2.20 bits per heavy atom. The number of thiazole rings is 1. The van der Waals surface area contributed by atoms with Gasteiger partial charge in [-0.05, 0) is 6.92 Å². The molecule has 0 bridgehead atoms. The summed E-state index contributed by atoms with van der Waals surface area (Å²) in [7, 11) is 1.47. The zero-order valence-corrected chi connectivity index (χ0v) is 11.9. The number of methoxy groups -OCH3 is 1. The van der Waals surface area contributed by atoms with Crippen molar-refractivity contribution in [1.29, 1.82) is 0 Å². The number of nitrogen functional groups attached to an aromatic ring is 1. The molecule has 0 unspecified atom stereocenters. The maximum Gasteiger partial charge on any atom is 0.337 e. The van der Waals surface area contributed by atoms with E-state index in [4.69, 9.17) is 20.3 Å². The molecular weight excluding hydrogens is 280 g/mol. The van der Waals surface area contributed by atoms with Gasteiger partial charge in [-0.1, -0.05) is 0 Å². The van der Waals surface area contributed by atoms with E-state index in [1.807, 2.05) is 12.3 Å². The summed E-state index contributed by atoms with van der Waals surface area (Å²) in [4.78, 5) is 15.3. The van der Waals surface area contributed by atoms with Crippen molar-refractivity contribution in [2.24, 2.45) is 0 Å². The number of benzene rings is 1. The second-order valence-electron chi connectivity index (χ2n) is 4.04. The van der Waals surface area contributed by atoms with Crippen LogP contribution in [0.15, 0.2) is 17.5 Å². The maximum atomic E-state index is 11.1. The molecule has 106 valence electrons. The highest BCUT2D eigenvalue weighted by Crippen LogP contribution is 2.32. The Bertz CT molecular complexity index is 639. The van der Waals surface area contributed by atoms with Crippen molar-refractivity contribution in [2.75, 3.05) is 12.8 Å². The number of aryl methyl sites for hydroxylation is 1. The molecule has 0 aliphatic rings. The molecule has 0 fully saturated rings. The smallest absolute Gasteiger partial charge is 0.337 e. The minimum absolute atomic E-state index is 0.0183. The van der Waals surface area contributed by atoms with E-state index in [1.165, 1.54) is 30.6 Å². The van der Waals surface area contributed by atoms with E-state index in [2.05, 4.69) is 4.98 Å². The van der Waals surface area contributed by atoms with Crippen molar-refractivity contribution >= 4 is 23.0 Å². The lowest BCUT2D eigenvalue weighted by molar-refractivity contribution is 0.0697. The van der Waals surface area contributed by atoms with Gasteiger partial charge in [0.25, 0.3) is 0 Å². The zero-order valence-electron chi connectivity index (χ0n) is 11.0. The molecule has 2 aromatic rings. The van der Waals surface area contributed by atoms with Crippen molar-refractivity contribution < 1.29 is 19.4 Å². The van der Waals surface area contributed by atoms with E-state index in [9.17, 15) is 4.79 Å². The van der Waals surface area contributed by atoms with Crippen LogP contribution < -0.4 is 15.2 Å². The topological polar surface area (TPSA) is 94.7 Å². The molecule has 0 radical (unpaired) electrons. The Balaban J connectivity index is 2.25. The predicted molar refractivity (Wildman–Crippen MR) is 75.5 cm³/mol. The van der Waals surface area contributed by atoms with Crippen LogP contribution in [0.2, 0.25) is 0 Å². The van der Waals surface area contributed by atoms with Crippen LogP contribution in [-0.2, 0) is 6.61 Å². The fourth-order valence-electron chi connectivity index (χ4n) is 1.66. The largest absolute Gasteiger partial charge is 0.493 e. The van der Waals surface area contributed by atoms with E-state index in [-0.39, 0.29) is 17.9 Å². The van der Waals surface area contributed by atoms with E-state index < -0.39 is 5.97 Å². The lowest BCUT2D eigenvalue weighted by Crippen LogP contribution is -2.05. The van der Waals surface area contributed by atoms with Gasteiger partial charge in [-0.3, -0.25) is 0 Å². The minimum Gasteiger partial charge on any atom is -0.493 e. The lowest BCUT2D eigenvalue weighted by Gasteiger charge is -2.12. The highest BCUT2D eigenvalue weighted by molar-refractivity contribution is 7.09. The van der Waals surface area contributed by atoms with Crippen LogP contribution in [-0.4, -0.2) is 23.2 Å². The highest BCUT2D eigenvalue weighted by atomic mass is 32.1. The van der Waals surface area contributed by atoms with Crippen LogP contribution in [0.5, 0.6) is 11.5 Å². The van der Waals surface area contributed by atoms with E-state index >= 15 is 0 Å². The number of carboxylic acids is 1. The molecule has 1 aromatic heterocycles. The SMILES string of the molecule is COc1cc(N)c(C(=O)O)cc1OCc1csc(C)n1. The monoisotopic (exact) mass is 294 g/mol. The van der Waals surface area contributed by atoms with Crippen LogP contribution in [0.25, 0.3) is 0 Å². The maximum absolute atomic E-state index is 11.1. The average Bonchev–Trinajstić information content (AvgIpc) is 2.82. The third-order valence-corrected chi connectivity index (χ3v) is 3.43. The number of nitrogens with zero attached hydrogens (tertiary/aromatic N) is 1. The number of carboxylic acid groups (broad SMARTS) is 1. The minimum atomic E-state index is -1.11. The number of ether oxygens (including phenoxy) is 2. The lowest BCUT2D eigenvalue weighted by atomic mass is 10.1. The first-order valence-electron chi connectivity index (χ1n) is 5.76. The first-order chi connectivity index (χ1) is 9.51. The molecular formula is C13H14N2O4S. The Hall–Kier alpha value is -2.28. The van der Waals surface area contributed by atoms with Crippen LogP contribution in [0.1, 0.15) is 21.1 Å². The van der Waals surface area contributed by atoms with Crippen LogP contribution >= 0.6 is 11.3 Å². The summed E-state index contributed by atoms with van der Waals surface area (Å²) >= 11 is 1.52. The summed E-state index contributed by atoms with van der Waals surface area (Å²) in [5.74, 6) is -0.399. The fourth-order valence-corrected chi connectivity index (χ4v) is 2.26. The molecule has 0 saturated heterocycles. The molecule has 0 amide bonds. The van der Waals surface area contributed by atoms with Crippen molar-refractivity contribution in [3.05, 3.63) is 33.8 Å². The molecule has 0 spiro atoms. The number of anilines is 1. The normalized spacial score (nSPS) is 10.3. The molecule has 0 aliphatic heterocycles. The standard InChI is InChI=1S/C13H14N2O4S/c1-7-15-8(6-20-7)5-19-12-3-9(13(16)17)10(14)4-11(12)18-2/h3-4,6H,5,14H2,1-2H3,(H,16,17). The fraction of sp³-hybridized carbons (Fsp3) is 0.231. The van der Waals surface area contributed by atoms with Crippen molar-refractivity contribution in [2.45, 2.75) is 13.5 Å². The molecule has 1 heterocycles. The third-order valence-electron chi connectivity index (χ3n) is 2.61.